The smallest absolute Gasteiger partial charge is 0.263 e. The zero-order valence-corrected chi connectivity index (χ0v) is 16.2. The fourth-order valence-electron chi connectivity index (χ4n) is 3.34. The molecule has 1 aliphatic heterocycles. The molecule has 0 aliphatic carbocycles. The zero-order valence-electron chi connectivity index (χ0n) is 16.2. The molecule has 1 fully saturated rings. The molecule has 3 aromatic rings. The minimum absolute atomic E-state index is 0.0320. The van der Waals surface area contributed by atoms with E-state index in [0.29, 0.717) is 48.7 Å². The van der Waals surface area contributed by atoms with Gasteiger partial charge in [0.05, 0.1) is 17.3 Å². The largest absolute Gasteiger partial charge is 0.339 e. The van der Waals surface area contributed by atoms with Crippen molar-refractivity contribution >= 4 is 22.9 Å². The van der Waals surface area contributed by atoms with Crippen LogP contribution < -0.4 is 10.5 Å². The lowest BCUT2D eigenvalue weighted by molar-refractivity contribution is 0.0746. The van der Waals surface area contributed by atoms with Crippen LogP contribution in [-0.4, -0.2) is 61.7 Å². The number of piperazine rings is 1. The van der Waals surface area contributed by atoms with Gasteiger partial charge >= 0.3 is 0 Å². The Balaban J connectivity index is 1.56. The van der Waals surface area contributed by atoms with E-state index in [4.69, 9.17) is 0 Å². The molecule has 1 amide bonds. The van der Waals surface area contributed by atoms with E-state index >= 15 is 0 Å². The van der Waals surface area contributed by atoms with Crippen LogP contribution in [-0.2, 0) is 5.54 Å². The van der Waals surface area contributed by atoms with Crippen molar-refractivity contribution < 1.29 is 4.79 Å². The van der Waals surface area contributed by atoms with Gasteiger partial charge in [0.15, 0.2) is 5.65 Å². The van der Waals surface area contributed by atoms with E-state index < -0.39 is 0 Å². The highest BCUT2D eigenvalue weighted by atomic mass is 16.2. The summed E-state index contributed by atoms with van der Waals surface area (Å²) in [6, 6.07) is 3.52. The van der Waals surface area contributed by atoms with Gasteiger partial charge < -0.3 is 9.80 Å². The van der Waals surface area contributed by atoms with E-state index in [1.54, 1.807) is 40.3 Å². The van der Waals surface area contributed by atoms with Crippen LogP contribution in [0.25, 0.3) is 11.0 Å². The van der Waals surface area contributed by atoms with Crippen molar-refractivity contribution in [1.82, 2.24) is 29.6 Å². The molecule has 9 nitrogen and oxygen atoms in total. The third-order valence-electron chi connectivity index (χ3n) is 4.84. The van der Waals surface area contributed by atoms with Gasteiger partial charge in [-0.05, 0) is 32.9 Å². The van der Waals surface area contributed by atoms with Crippen LogP contribution in [0.2, 0.25) is 0 Å². The number of rotatable bonds is 2. The van der Waals surface area contributed by atoms with Gasteiger partial charge in [-0.15, -0.1) is 0 Å². The topological polar surface area (TPSA) is 100 Å². The van der Waals surface area contributed by atoms with Gasteiger partial charge in [-0.2, -0.15) is 10.1 Å². The summed E-state index contributed by atoms with van der Waals surface area (Å²) in [6.07, 6.45) is 4.78. The minimum atomic E-state index is -0.283. The number of anilines is 1. The predicted molar refractivity (Wildman–Crippen MR) is 105 cm³/mol. The standard InChI is InChI=1S/C19H23N7O2/c1-19(2,3)26-15-14(12-21-26)16(27)23-18(22-15)25-9-7-24(8-10-25)17(28)13-5-4-6-20-11-13/h4-6,11-12H,7-10H2,1-3H3,(H,22,23,27). The van der Waals surface area contributed by atoms with Gasteiger partial charge in [0, 0.05) is 38.6 Å². The average molecular weight is 381 g/mol. The molecule has 0 atom stereocenters. The fraction of sp³-hybridized carbons (Fsp3) is 0.421. The second-order valence-corrected chi connectivity index (χ2v) is 7.87. The maximum atomic E-state index is 12.6. The van der Waals surface area contributed by atoms with Crippen molar-refractivity contribution in [2.45, 2.75) is 26.3 Å². The van der Waals surface area contributed by atoms with Crippen LogP contribution >= 0.6 is 0 Å². The van der Waals surface area contributed by atoms with Crippen LogP contribution in [0.5, 0.6) is 0 Å². The van der Waals surface area contributed by atoms with Gasteiger partial charge in [-0.3, -0.25) is 19.6 Å². The highest BCUT2D eigenvalue weighted by Gasteiger charge is 2.25. The normalized spacial score (nSPS) is 15.2. The van der Waals surface area contributed by atoms with Crippen molar-refractivity contribution in [3.63, 3.8) is 0 Å². The number of H-pyrrole nitrogens is 1. The number of hydrogen-bond acceptors (Lipinski definition) is 6. The van der Waals surface area contributed by atoms with Crippen LogP contribution in [0.4, 0.5) is 5.95 Å². The average Bonchev–Trinajstić information content (AvgIpc) is 3.13. The van der Waals surface area contributed by atoms with Crippen molar-refractivity contribution in [2.75, 3.05) is 31.1 Å². The molecule has 0 spiro atoms. The van der Waals surface area contributed by atoms with E-state index in [0.717, 1.165) is 0 Å². The highest BCUT2D eigenvalue weighted by Crippen LogP contribution is 2.20. The molecule has 0 bridgehead atoms. The second kappa shape index (κ2) is 6.74. The number of amides is 1. The van der Waals surface area contributed by atoms with Crippen molar-refractivity contribution in [3.05, 3.63) is 46.6 Å². The van der Waals surface area contributed by atoms with Crippen molar-refractivity contribution in [1.29, 1.82) is 0 Å². The maximum Gasteiger partial charge on any atom is 0.263 e. The summed E-state index contributed by atoms with van der Waals surface area (Å²) >= 11 is 0. The highest BCUT2D eigenvalue weighted by molar-refractivity contribution is 5.94. The first-order valence-corrected chi connectivity index (χ1v) is 9.27. The molecule has 3 aromatic heterocycles. The minimum Gasteiger partial charge on any atom is -0.339 e. The lowest BCUT2D eigenvalue weighted by Gasteiger charge is -2.35. The van der Waals surface area contributed by atoms with Crippen molar-refractivity contribution in [3.8, 4) is 0 Å². The molecule has 4 rings (SSSR count). The summed E-state index contributed by atoms with van der Waals surface area (Å²) in [5.41, 5.74) is 0.664. The molecule has 0 unspecified atom stereocenters. The maximum absolute atomic E-state index is 12.6. The summed E-state index contributed by atoms with van der Waals surface area (Å²) in [4.78, 5) is 40.4. The van der Waals surface area contributed by atoms with Crippen LogP contribution in [0.3, 0.4) is 0 Å². The van der Waals surface area contributed by atoms with E-state index in [1.165, 1.54) is 0 Å². The molecule has 146 valence electrons. The molecule has 9 heteroatoms. The summed E-state index contributed by atoms with van der Waals surface area (Å²) < 4.78 is 1.77. The van der Waals surface area contributed by atoms with Gasteiger partial charge in [-0.25, -0.2) is 4.68 Å². The summed E-state index contributed by atoms with van der Waals surface area (Å²) in [7, 11) is 0. The number of carbonyl (C=O) groups is 1. The van der Waals surface area contributed by atoms with Gasteiger partial charge in [0.25, 0.3) is 11.5 Å². The van der Waals surface area contributed by atoms with Gasteiger partial charge in [0.1, 0.15) is 5.39 Å². The molecular formula is C19H23N7O2. The number of pyridine rings is 1. The Morgan fingerprint density at radius 2 is 1.89 bits per heavy atom. The lowest BCUT2D eigenvalue weighted by atomic mass is 10.1. The Morgan fingerprint density at radius 3 is 2.54 bits per heavy atom. The Hall–Kier alpha value is -3.23. The Labute approximate surface area is 162 Å². The van der Waals surface area contributed by atoms with E-state index in [2.05, 4.69) is 20.1 Å². The second-order valence-electron chi connectivity index (χ2n) is 7.87. The SMILES string of the molecule is CC(C)(C)n1ncc2c(=O)[nH]c(N3CCN(C(=O)c4cccnc4)CC3)nc21. The number of aromatic amines is 1. The Kier molecular flexibility index (Phi) is 4.37. The number of nitrogens with zero attached hydrogens (tertiary/aromatic N) is 6. The molecule has 0 saturated carbocycles. The number of hydrogen-bond donors (Lipinski definition) is 1. The number of fused-ring (bicyclic) bond motifs is 1. The Bertz CT molecular complexity index is 1060. The monoisotopic (exact) mass is 381 g/mol. The third kappa shape index (κ3) is 3.23. The predicted octanol–water partition coefficient (Wildman–Crippen LogP) is 1.23. The first-order chi connectivity index (χ1) is 13.3. The lowest BCUT2D eigenvalue weighted by Crippen LogP contribution is -2.49. The molecule has 0 radical (unpaired) electrons. The molecule has 4 heterocycles. The molecule has 1 N–H and O–H groups in total. The number of nitrogens with one attached hydrogen (secondary N) is 1. The van der Waals surface area contributed by atoms with Gasteiger partial charge in [-0.1, -0.05) is 0 Å². The molecule has 0 aromatic carbocycles. The van der Waals surface area contributed by atoms with E-state index in [-0.39, 0.29) is 17.0 Å². The fourth-order valence-corrected chi connectivity index (χ4v) is 3.34. The van der Waals surface area contributed by atoms with Crippen LogP contribution in [0.15, 0.2) is 35.5 Å². The number of aromatic nitrogens is 5. The van der Waals surface area contributed by atoms with Crippen molar-refractivity contribution in [2.24, 2.45) is 0 Å². The van der Waals surface area contributed by atoms with Crippen LogP contribution in [0, 0.1) is 0 Å². The third-order valence-corrected chi connectivity index (χ3v) is 4.84. The summed E-state index contributed by atoms with van der Waals surface area (Å²) in [6.45, 7) is 8.33. The first kappa shape index (κ1) is 18.1. The van der Waals surface area contributed by atoms with Gasteiger partial charge in [0.2, 0.25) is 5.95 Å². The molecule has 1 aliphatic rings. The van der Waals surface area contributed by atoms with Crippen LogP contribution in [0.1, 0.15) is 31.1 Å². The quantitative estimate of drug-likeness (QED) is 0.717. The summed E-state index contributed by atoms with van der Waals surface area (Å²) in [5.74, 6) is 0.479. The van der Waals surface area contributed by atoms with E-state index in [9.17, 15) is 9.59 Å². The Morgan fingerprint density at radius 1 is 1.14 bits per heavy atom. The first-order valence-electron chi connectivity index (χ1n) is 9.27. The number of carbonyl (C=O) groups excluding carboxylic acids is 1. The zero-order chi connectivity index (χ0) is 19.9. The molecular weight excluding hydrogens is 358 g/mol. The molecule has 1 saturated heterocycles. The molecule has 28 heavy (non-hydrogen) atoms. The van der Waals surface area contributed by atoms with E-state index in [1.807, 2.05) is 25.7 Å². The summed E-state index contributed by atoms with van der Waals surface area (Å²) in [5, 5.41) is 4.82.